The second-order valence-corrected chi connectivity index (χ2v) is 4.74. The van der Waals surface area contributed by atoms with Gasteiger partial charge in [-0.2, -0.15) is 0 Å². The first-order valence-corrected chi connectivity index (χ1v) is 6.61. The highest BCUT2D eigenvalue weighted by molar-refractivity contribution is 6.45. The van der Waals surface area contributed by atoms with Crippen LogP contribution in [0.1, 0.15) is 25.7 Å². The van der Waals surface area contributed by atoms with Crippen molar-refractivity contribution in [1.82, 2.24) is 9.80 Å². The Balaban J connectivity index is 1.87. The van der Waals surface area contributed by atoms with Crippen molar-refractivity contribution in [2.24, 2.45) is 0 Å². The van der Waals surface area contributed by atoms with Crippen LogP contribution in [0.25, 0.3) is 0 Å². The van der Waals surface area contributed by atoms with Gasteiger partial charge in [0.15, 0.2) is 0 Å². The van der Waals surface area contributed by atoms with Crippen molar-refractivity contribution in [3.63, 3.8) is 0 Å². The average Bonchev–Trinajstić information content (AvgIpc) is 3.02. The lowest BCUT2D eigenvalue weighted by molar-refractivity contribution is -0.131. The van der Waals surface area contributed by atoms with E-state index < -0.39 is 11.6 Å². The molecule has 0 N–H and O–H groups in total. The van der Waals surface area contributed by atoms with Crippen molar-refractivity contribution in [2.45, 2.75) is 25.7 Å². The SMILES string of the molecule is O=C(/C=C/N1CCCC1=O)C(=O)/C=C/N1CCCC1=O. The Hall–Kier alpha value is -2.24. The van der Waals surface area contributed by atoms with Gasteiger partial charge in [0.25, 0.3) is 0 Å². The third kappa shape index (κ3) is 3.40. The first-order valence-electron chi connectivity index (χ1n) is 6.61. The minimum Gasteiger partial charge on any atom is -0.319 e. The van der Waals surface area contributed by atoms with Gasteiger partial charge in [0.05, 0.1) is 0 Å². The van der Waals surface area contributed by atoms with E-state index in [1.54, 1.807) is 0 Å². The van der Waals surface area contributed by atoms with E-state index in [9.17, 15) is 19.2 Å². The molecule has 2 heterocycles. The summed E-state index contributed by atoms with van der Waals surface area (Å²) in [7, 11) is 0. The predicted octanol–water partition coefficient (Wildman–Crippen LogP) is 0.397. The van der Waals surface area contributed by atoms with Crippen molar-refractivity contribution in [3.8, 4) is 0 Å². The zero-order chi connectivity index (χ0) is 14.5. The van der Waals surface area contributed by atoms with Gasteiger partial charge in [-0.25, -0.2) is 0 Å². The fourth-order valence-electron chi connectivity index (χ4n) is 2.13. The van der Waals surface area contributed by atoms with Crippen LogP contribution in [-0.2, 0) is 19.2 Å². The number of nitrogens with zero attached hydrogens (tertiary/aromatic N) is 2. The van der Waals surface area contributed by atoms with Crippen LogP contribution in [0.4, 0.5) is 0 Å². The van der Waals surface area contributed by atoms with E-state index in [0.29, 0.717) is 25.9 Å². The van der Waals surface area contributed by atoms with Gasteiger partial charge in [0, 0.05) is 50.5 Å². The molecule has 6 heteroatoms. The second-order valence-electron chi connectivity index (χ2n) is 4.74. The number of allylic oxidation sites excluding steroid dienone is 2. The highest BCUT2D eigenvalue weighted by Gasteiger charge is 2.19. The number of carbonyl (C=O) groups excluding carboxylic acids is 4. The molecule has 106 valence electrons. The highest BCUT2D eigenvalue weighted by Crippen LogP contribution is 2.10. The molecule has 2 saturated heterocycles. The molecule has 0 saturated carbocycles. The van der Waals surface area contributed by atoms with E-state index in [0.717, 1.165) is 25.0 Å². The van der Waals surface area contributed by atoms with Crippen LogP contribution in [0.5, 0.6) is 0 Å². The molecule has 2 amide bonds. The number of likely N-dealkylation sites (tertiary alicyclic amines) is 2. The van der Waals surface area contributed by atoms with Crippen molar-refractivity contribution in [2.75, 3.05) is 13.1 Å². The average molecular weight is 276 g/mol. The van der Waals surface area contributed by atoms with Crippen LogP contribution in [0.3, 0.4) is 0 Å². The lowest BCUT2D eigenvalue weighted by atomic mass is 10.2. The Morgan fingerprint density at radius 2 is 1.20 bits per heavy atom. The van der Waals surface area contributed by atoms with E-state index in [-0.39, 0.29) is 11.8 Å². The summed E-state index contributed by atoms with van der Waals surface area (Å²) in [6.07, 6.45) is 7.38. The van der Waals surface area contributed by atoms with Gasteiger partial charge in [-0.3, -0.25) is 19.2 Å². The molecule has 0 aliphatic carbocycles. The summed E-state index contributed by atoms with van der Waals surface area (Å²) in [5.41, 5.74) is 0. The molecule has 0 aromatic carbocycles. The third-order valence-corrected chi connectivity index (χ3v) is 3.27. The molecule has 20 heavy (non-hydrogen) atoms. The summed E-state index contributed by atoms with van der Waals surface area (Å²) in [6.45, 7) is 1.16. The Morgan fingerprint density at radius 1 is 0.800 bits per heavy atom. The van der Waals surface area contributed by atoms with Gasteiger partial charge in [0.2, 0.25) is 23.4 Å². The molecule has 0 spiro atoms. The normalized spacial score (nSPS) is 19.8. The summed E-state index contributed by atoms with van der Waals surface area (Å²) >= 11 is 0. The minimum absolute atomic E-state index is 0.0419. The monoisotopic (exact) mass is 276 g/mol. The largest absolute Gasteiger partial charge is 0.319 e. The van der Waals surface area contributed by atoms with E-state index >= 15 is 0 Å². The van der Waals surface area contributed by atoms with E-state index in [2.05, 4.69) is 0 Å². The summed E-state index contributed by atoms with van der Waals surface area (Å²) < 4.78 is 0. The fraction of sp³-hybridized carbons (Fsp3) is 0.429. The molecular formula is C14H16N2O4. The standard InChI is InChI=1S/C14H16N2O4/c17-11(5-9-15-7-1-3-13(15)19)12(18)6-10-16-8-2-4-14(16)20/h5-6,9-10H,1-4,7-8H2/b9-5+,10-6+. The molecule has 0 aromatic heterocycles. The minimum atomic E-state index is -0.701. The number of hydrogen-bond donors (Lipinski definition) is 0. The maximum Gasteiger partial charge on any atom is 0.227 e. The number of ketones is 2. The maximum absolute atomic E-state index is 11.6. The second kappa shape index (κ2) is 6.27. The Kier molecular flexibility index (Phi) is 4.45. The molecule has 2 rings (SSSR count). The maximum atomic E-state index is 11.6. The molecule has 2 aliphatic rings. The molecule has 6 nitrogen and oxygen atoms in total. The topological polar surface area (TPSA) is 74.8 Å². The quantitative estimate of drug-likeness (QED) is 0.538. The number of rotatable bonds is 5. The predicted molar refractivity (Wildman–Crippen MR) is 70.2 cm³/mol. The van der Waals surface area contributed by atoms with E-state index in [4.69, 9.17) is 0 Å². The van der Waals surface area contributed by atoms with Crippen molar-refractivity contribution in [3.05, 3.63) is 24.6 Å². The van der Waals surface area contributed by atoms with Gasteiger partial charge in [-0.15, -0.1) is 0 Å². The van der Waals surface area contributed by atoms with E-state index in [1.807, 2.05) is 0 Å². The fourth-order valence-corrected chi connectivity index (χ4v) is 2.13. The van der Waals surface area contributed by atoms with Crippen LogP contribution in [0.15, 0.2) is 24.6 Å². The summed E-state index contributed by atoms with van der Waals surface area (Å²) in [6, 6.07) is 0. The van der Waals surface area contributed by atoms with Gasteiger partial charge < -0.3 is 9.80 Å². The van der Waals surface area contributed by atoms with Crippen LogP contribution in [-0.4, -0.2) is 46.3 Å². The summed E-state index contributed by atoms with van der Waals surface area (Å²) in [5, 5.41) is 0. The molecule has 2 aliphatic heterocycles. The molecule has 2 fully saturated rings. The van der Waals surface area contributed by atoms with Crippen LogP contribution >= 0.6 is 0 Å². The van der Waals surface area contributed by atoms with Gasteiger partial charge in [-0.05, 0) is 12.8 Å². The van der Waals surface area contributed by atoms with Gasteiger partial charge in [-0.1, -0.05) is 0 Å². The first-order chi connectivity index (χ1) is 9.58. The smallest absolute Gasteiger partial charge is 0.227 e. The van der Waals surface area contributed by atoms with E-state index in [1.165, 1.54) is 22.2 Å². The number of amides is 2. The zero-order valence-electron chi connectivity index (χ0n) is 11.1. The number of carbonyl (C=O) groups is 4. The van der Waals surface area contributed by atoms with Crippen LogP contribution in [0.2, 0.25) is 0 Å². The Bertz CT molecular complexity index is 461. The third-order valence-electron chi connectivity index (χ3n) is 3.27. The van der Waals surface area contributed by atoms with Crippen molar-refractivity contribution < 1.29 is 19.2 Å². The summed E-state index contributed by atoms with van der Waals surface area (Å²) in [5.74, 6) is -1.49. The van der Waals surface area contributed by atoms with Gasteiger partial charge in [0.1, 0.15) is 0 Å². The van der Waals surface area contributed by atoms with Crippen molar-refractivity contribution >= 4 is 23.4 Å². The Labute approximate surface area is 116 Å². The highest BCUT2D eigenvalue weighted by atomic mass is 16.2. The van der Waals surface area contributed by atoms with Crippen LogP contribution in [0, 0.1) is 0 Å². The molecule has 0 aromatic rings. The lowest BCUT2D eigenvalue weighted by Crippen LogP contribution is -2.20. The van der Waals surface area contributed by atoms with Crippen LogP contribution < -0.4 is 0 Å². The molecule has 0 radical (unpaired) electrons. The molecule has 0 bridgehead atoms. The Morgan fingerprint density at radius 3 is 1.50 bits per heavy atom. The molecular weight excluding hydrogens is 260 g/mol. The lowest BCUT2D eigenvalue weighted by Gasteiger charge is -2.08. The first kappa shape index (κ1) is 14.2. The summed E-state index contributed by atoms with van der Waals surface area (Å²) in [4.78, 5) is 48.6. The molecule has 0 unspecified atom stereocenters. The van der Waals surface area contributed by atoms with Crippen molar-refractivity contribution in [1.29, 1.82) is 0 Å². The zero-order valence-corrected chi connectivity index (χ0v) is 11.1. The molecule has 0 atom stereocenters. The van der Waals surface area contributed by atoms with Gasteiger partial charge >= 0.3 is 0 Å². The number of hydrogen-bond acceptors (Lipinski definition) is 4.